The highest BCUT2D eigenvalue weighted by molar-refractivity contribution is 14.1. The number of nitrogens with zero attached hydrogens (tertiary/aromatic N) is 1. The Hall–Kier alpha value is -0.830. The van der Waals surface area contributed by atoms with Gasteiger partial charge in [-0.05, 0) is 34.7 Å². The number of amides is 1. The van der Waals surface area contributed by atoms with Gasteiger partial charge in [0.05, 0.1) is 13.0 Å². The normalized spacial score (nSPS) is 10.6. The summed E-state index contributed by atoms with van der Waals surface area (Å²) in [5, 5.41) is 2.54. The van der Waals surface area contributed by atoms with Gasteiger partial charge in [-0.2, -0.15) is 0 Å². The van der Waals surface area contributed by atoms with Crippen molar-refractivity contribution in [2.24, 2.45) is 0 Å². The summed E-state index contributed by atoms with van der Waals surface area (Å²) in [5.41, 5.74) is 0. The molecule has 1 N–H and O–H groups in total. The Labute approximate surface area is 111 Å². The first-order valence-electron chi connectivity index (χ1n) is 4.85. The lowest BCUT2D eigenvalue weighted by atomic mass is 10.4. The van der Waals surface area contributed by atoms with Crippen molar-refractivity contribution >= 4 is 34.3 Å². The molecule has 0 saturated heterocycles. The number of halogens is 3. The van der Waals surface area contributed by atoms with Gasteiger partial charge in [-0.25, -0.2) is 13.8 Å². The Bertz CT molecular complexity index is 360. The SMILES string of the molecule is O=C(CCOCC(F)F)Nc1ccc(I)cn1. The summed E-state index contributed by atoms with van der Waals surface area (Å²) in [6.45, 7) is -0.671. The van der Waals surface area contributed by atoms with Gasteiger partial charge in [0.2, 0.25) is 5.91 Å². The predicted molar refractivity (Wildman–Crippen MR) is 67.0 cm³/mol. The van der Waals surface area contributed by atoms with Gasteiger partial charge in [0.1, 0.15) is 12.4 Å². The Morgan fingerprint density at radius 3 is 2.88 bits per heavy atom. The Morgan fingerprint density at radius 2 is 2.29 bits per heavy atom. The molecule has 0 fully saturated rings. The number of carbonyl (C=O) groups is 1. The fraction of sp³-hybridized carbons (Fsp3) is 0.400. The second-order valence-corrected chi connectivity index (χ2v) is 4.37. The molecule has 1 rings (SSSR count). The summed E-state index contributed by atoms with van der Waals surface area (Å²) in [5.74, 6) is 0.122. The summed E-state index contributed by atoms with van der Waals surface area (Å²) in [6, 6.07) is 3.47. The first-order chi connectivity index (χ1) is 8.08. The molecular weight excluding hydrogens is 345 g/mol. The first kappa shape index (κ1) is 14.2. The number of hydrogen-bond acceptors (Lipinski definition) is 3. The second-order valence-electron chi connectivity index (χ2n) is 3.13. The van der Waals surface area contributed by atoms with Crippen LogP contribution in [0.2, 0.25) is 0 Å². The maximum atomic E-state index is 11.7. The minimum Gasteiger partial charge on any atom is -0.375 e. The molecule has 7 heteroatoms. The Kier molecular flexibility index (Phi) is 6.27. The maximum Gasteiger partial charge on any atom is 0.261 e. The van der Waals surface area contributed by atoms with E-state index in [1.165, 1.54) is 0 Å². The van der Waals surface area contributed by atoms with Crippen LogP contribution < -0.4 is 5.32 Å². The van der Waals surface area contributed by atoms with Crippen LogP contribution in [0.25, 0.3) is 0 Å². The average molecular weight is 356 g/mol. The smallest absolute Gasteiger partial charge is 0.261 e. The van der Waals surface area contributed by atoms with E-state index < -0.39 is 13.0 Å². The molecule has 0 radical (unpaired) electrons. The number of alkyl halides is 2. The van der Waals surface area contributed by atoms with Crippen LogP contribution in [-0.4, -0.2) is 30.5 Å². The second kappa shape index (κ2) is 7.49. The highest BCUT2D eigenvalue weighted by atomic mass is 127. The van der Waals surface area contributed by atoms with Gasteiger partial charge in [0.25, 0.3) is 6.43 Å². The quantitative estimate of drug-likeness (QED) is 0.629. The van der Waals surface area contributed by atoms with Crippen molar-refractivity contribution in [3.05, 3.63) is 21.9 Å². The van der Waals surface area contributed by atoms with Gasteiger partial charge in [0.15, 0.2) is 0 Å². The van der Waals surface area contributed by atoms with Crippen molar-refractivity contribution in [1.29, 1.82) is 0 Å². The number of nitrogens with one attached hydrogen (secondary N) is 1. The lowest BCUT2D eigenvalue weighted by Crippen LogP contribution is -2.16. The largest absolute Gasteiger partial charge is 0.375 e. The number of hydrogen-bond donors (Lipinski definition) is 1. The molecule has 0 aliphatic heterocycles. The van der Waals surface area contributed by atoms with Crippen LogP contribution in [0.15, 0.2) is 18.3 Å². The molecule has 94 valence electrons. The number of ether oxygens (including phenoxy) is 1. The summed E-state index contributed by atoms with van der Waals surface area (Å²) >= 11 is 2.10. The van der Waals surface area contributed by atoms with E-state index in [9.17, 15) is 13.6 Å². The maximum absolute atomic E-state index is 11.7. The van der Waals surface area contributed by atoms with Gasteiger partial charge in [-0.3, -0.25) is 4.79 Å². The molecule has 17 heavy (non-hydrogen) atoms. The Morgan fingerprint density at radius 1 is 1.53 bits per heavy atom. The van der Waals surface area contributed by atoms with Gasteiger partial charge < -0.3 is 10.1 Å². The monoisotopic (exact) mass is 356 g/mol. The van der Waals surface area contributed by atoms with Crippen LogP contribution >= 0.6 is 22.6 Å². The summed E-state index contributed by atoms with van der Waals surface area (Å²) in [7, 11) is 0. The van der Waals surface area contributed by atoms with Crippen molar-refractivity contribution in [1.82, 2.24) is 4.98 Å². The van der Waals surface area contributed by atoms with E-state index in [1.807, 2.05) is 0 Å². The number of pyridine rings is 1. The molecule has 1 amide bonds. The zero-order valence-electron chi connectivity index (χ0n) is 8.83. The van der Waals surface area contributed by atoms with Crippen molar-refractivity contribution in [3.8, 4) is 0 Å². The molecule has 1 aromatic heterocycles. The summed E-state index contributed by atoms with van der Waals surface area (Å²) in [6.07, 6.45) is -0.861. The van der Waals surface area contributed by atoms with E-state index in [0.29, 0.717) is 5.82 Å². The van der Waals surface area contributed by atoms with Crippen LogP contribution in [0.1, 0.15) is 6.42 Å². The van der Waals surface area contributed by atoms with E-state index in [1.54, 1.807) is 18.3 Å². The summed E-state index contributed by atoms with van der Waals surface area (Å²) in [4.78, 5) is 15.3. The zero-order valence-corrected chi connectivity index (χ0v) is 11.0. The number of carbonyl (C=O) groups excluding carboxylic acids is 1. The minimum atomic E-state index is -2.50. The van der Waals surface area contributed by atoms with Gasteiger partial charge >= 0.3 is 0 Å². The van der Waals surface area contributed by atoms with E-state index in [-0.39, 0.29) is 18.9 Å². The van der Waals surface area contributed by atoms with Crippen molar-refractivity contribution < 1.29 is 18.3 Å². The summed E-state index contributed by atoms with van der Waals surface area (Å²) < 4.78 is 29.0. The Balaban J connectivity index is 2.23. The fourth-order valence-corrected chi connectivity index (χ4v) is 1.31. The fourth-order valence-electron chi connectivity index (χ4n) is 0.992. The van der Waals surface area contributed by atoms with E-state index in [0.717, 1.165) is 3.57 Å². The molecule has 0 unspecified atom stereocenters. The van der Waals surface area contributed by atoms with Gasteiger partial charge in [0, 0.05) is 9.77 Å². The molecule has 0 aromatic carbocycles. The van der Waals surface area contributed by atoms with E-state index >= 15 is 0 Å². The van der Waals surface area contributed by atoms with Crippen LogP contribution in [0.3, 0.4) is 0 Å². The highest BCUT2D eigenvalue weighted by Crippen LogP contribution is 2.07. The van der Waals surface area contributed by atoms with Crippen molar-refractivity contribution in [2.75, 3.05) is 18.5 Å². The number of aromatic nitrogens is 1. The number of rotatable bonds is 6. The lowest BCUT2D eigenvalue weighted by Gasteiger charge is -2.05. The highest BCUT2D eigenvalue weighted by Gasteiger charge is 2.05. The van der Waals surface area contributed by atoms with Gasteiger partial charge in [-0.1, -0.05) is 0 Å². The topological polar surface area (TPSA) is 51.2 Å². The lowest BCUT2D eigenvalue weighted by molar-refractivity contribution is -0.117. The molecule has 0 aliphatic rings. The average Bonchev–Trinajstić information content (AvgIpc) is 2.27. The van der Waals surface area contributed by atoms with Crippen molar-refractivity contribution in [2.45, 2.75) is 12.8 Å². The standard InChI is InChI=1S/C10H11F2IN2O2/c11-8(12)6-17-4-3-10(16)15-9-2-1-7(13)5-14-9/h1-2,5,8H,3-4,6H2,(H,14,15,16). The third-order valence-electron chi connectivity index (χ3n) is 1.71. The molecule has 0 aliphatic carbocycles. The molecule has 1 aromatic rings. The van der Waals surface area contributed by atoms with Crippen LogP contribution in [0.5, 0.6) is 0 Å². The molecule has 0 saturated carbocycles. The molecule has 1 heterocycles. The van der Waals surface area contributed by atoms with Gasteiger partial charge in [-0.15, -0.1) is 0 Å². The molecule has 4 nitrogen and oxygen atoms in total. The predicted octanol–water partition coefficient (Wildman–Crippen LogP) is 2.30. The number of anilines is 1. The van der Waals surface area contributed by atoms with E-state index in [4.69, 9.17) is 0 Å². The minimum absolute atomic E-state index is 0.0272. The molecule has 0 bridgehead atoms. The first-order valence-corrected chi connectivity index (χ1v) is 5.93. The molecular formula is C10H11F2IN2O2. The van der Waals surface area contributed by atoms with Crippen LogP contribution in [-0.2, 0) is 9.53 Å². The molecule has 0 atom stereocenters. The third-order valence-corrected chi connectivity index (χ3v) is 2.35. The third kappa shape index (κ3) is 6.47. The van der Waals surface area contributed by atoms with E-state index in [2.05, 4.69) is 37.6 Å². The van der Waals surface area contributed by atoms with Crippen LogP contribution in [0, 0.1) is 3.57 Å². The zero-order chi connectivity index (χ0) is 12.7. The molecule has 0 spiro atoms. The van der Waals surface area contributed by atoms with Crippen LogP contribution in [0.4, 0.5) is 14.6 Å². The van der Waals surface area contributed by atoms with Crippen molar-refractivity contribution in [3.63, 3.8) is 0 Å².